The van der Waals surface area contributed by atoms with Crippen LogP contribution in [-0.2, 0) is 23.1 Å². The van der Waals surface area contributed by atoms with Crippen molar-refractivity contribution >= 4 is 35.0 Å². The standard InChI is InChI=1S/C20H19N5O2S/c1-24-17(11-14-7-3-2-4-8-14)22-23-20(24)28-13-19(27)25-12-18(26)21-15-9-5-6-10-16(15)25/h2-10H,11-13H2,1H3,(H,21,26). The molecule has 0 fully saturated rings. The Kier molecular flexibility index (Phi) is 5.12. The first-order valence-corrected chi connectivity index (χ1v) is 9.84. The van der Waals surface area contributed by atoms with Crippen molar-refractivity contribution in [2.75, 3.05) is 22.5 Å². The molecule has 28 heavy (non-hydrogen) atoms. The Morgan fingerprint density at radius 3 is 2.68 bits per heavy atom. The fourth-order valence-electron chi connectivity index (χ4n) is 3.06. The molecule has 7 nitrogen and oxygen atoms in total. The van der Waals surface area contributed by atoms with Crippen LogP contribution >= 0.6 is 11.8 Å². The second-order valence-electron chi connectivity index (χ2n) is 6.45. The van der Waals surface area contributed by atoms with Crippen molar-refractivity contribution in [3.63, 3.8) is 0 Å². The Morgan fingerprint density at radius 2 is 1.86 bits per heavy atom. The van der Waals surface area contributed by atoms with E-state index in [1.165, 1.54) is 16.7 Å². The maximum Gasteiger partial charge on any atom is 0.244 e. The van der Waals surface area contributed by atoms with E-state index in [-0.39, 0.29) is 24.1 Å². The molecule has 2 aromatic carbocycles. The highest BCUT2D eigenvalue weighted by atomic mass is 32.2. The lowest BCUT2D eigenvalue weighted by atomic mass is 10.1. The molecule has 0 atom stereocenters. The Balaban J connectivity index is 1.44. The van der Waals surface area contributed by atoms with Crippen LogP contribution in [0.25, 0.3) is 0 Å². The monoisotopic (exact) mass is 393 g/mol. The molecule has 3 aromatic rings. The molecule has 0 saturated heterocycles. The van der Waals surface area contributed by atoms with Gasteiger partial charge >= 0.3 is 0 Å². The van der Waals surface area contributed by atoms with Crippen LogP contribution in [-0.4, -0.2) is 38.9 Å². The summed E-state index contributed by atoms with van der Waals surface area (Å²) in [5, 5.41) is 11.9. The molecule has 0 aliphatic carbocycles. The molecule has 0 spiro atoms. The zero-order valence-corrected chi connectivity index (χ0v) is 16.1. The first-order valence-electron chi connectivity index (χ1n) is 8.86. The number of aromatic nitrogens is 3. The van der Waals surface area contributed by atoms with Crippen molar-refractivity contribution in [1.82, 2.24) is 14.8 Å². The van der Waals surface area contributed by atoms with Crippen molar-refractivity contribution in [2.45, 2.75) is 11.6 Å². The minimum absolute atomic E-state index is 0.0223. The molecule has 0 bridgehead atoms. The lowest BCUT2D eigenvalue weighted by Crippen LogP contribution is -2.43. The third kappa shape index (κ3) is 3.77. The second kappa shape index (κ2) is 7.85. The Labute approximate surface area is 166 Å². The van der Waals surface area contributed by atoms with E-state index < -0.39 is 0 Å². The molecule has 8 heteroatoms. The average molecular weight is 393 g/mol. The highest BCUT2D eigenvalue weighted by Gasteiger charge is 2.26. The number of amides is 2. The molecule has 2 amide bonds. The van der Waals surface area contributed by atoms with Crippen molar-refractivity contribution in [3.05, 3.63) is 66.0 Å². The molecule has 1 N–H and O–H groups in total. The van der Waals surface area contributed by atoms with Gasteiger partial charge in [-0.15, -0.1) is 10.2 Å². The van der Waals surface area contributed by atoms with Crippen LogP contribution in [0.4, 0.5) is 11.4 Å². The first kappa shape index (κ1) is 18.2. The van der Waals surface area contributed by atoms with Crippen LogP contribution in [0.15, 0.2) is 59.8 Å². The number of carbonyl (C=O) groups is 2. The van der Waals surface area contributed by atoms with Gasteiger partial charge in [-0.1, -0.05) is 54.2 Å². The van der Waals surface area contributed by atoms with E-state index in [0.717, 1.165) is 17.1 Å². The van der Waals surface area contributed by atoms with Gasteiger partial charge in [0.05, 0.1) is 17.1 Å². The van der Waals surface area contributed by atoms with Gasteiger partial charge in [-0.2, -0.15) is 0 Å². The number of para-hydroxylation sites is 2. The summed E-state index contributed by atoms with van der Waals surface area (Å²) in [4.78, 5) is 26.2. The van der Waals surface area contributed by atoms with Crippen LogP contribution in [0.5, 0.6) is 0 Å². The summed E-state index contributed by atoms with van der Waals surface area (Å²) in [5.74, 6) is 0.684. The van der Waals surface area contributed by atoms with Gasteiger partial charge < -0.3 is 14.8 Å². The third-order valence-electron chi connectivity index (χ3n) is 4.53. The molecule has 2 heterocycles. The zero-order valence-electron chi connectivity index (χ0n) is 15.3. The molecule has 1 aromatic heterocycles. The lowest BCUT2D eigenvalue weighted by Gasteiger charge is -2.28. The van der Waals surface area contributed by atoms with Crippen molar-refractivity contribution in [3.8, 4) is 0 Å². The molecule has 142 valence electrons. The van der Waals surface area contributed by atoms with E-state index >= 15 is 0 Å². The number of thioether (sulfide) groups is 1. The van der Waals surface area contributed by atoms with E-state index in [0.29, 0.717) is 17.3 Å². The smallest absolute Gasteiger partial charge is 0.244 e. The predicted octanol–water partition coefficient (Wildman–Crippen LogP) is 2.48. The van der Waals surface area contributed by atoms with Crippen LogP contribution in [0.3, 0.4) is 0 Å². The Bertz CT molecular complexity index is 1020. The topological polar surface area (TPSA) is 80.1 Å². The number of nitrogens with one attached hydrogen (secondary N) is 1. The number of hydrogen-bond donors (Lipinski definition) is 1. The number of fused-ring (bicyclic) bond motifs is 1. The summed E-state index contributed by atoms with van der Waals surface area (Å²) >= 11 is 1.32. The first-order chi connectivity index (χ1) is 13.6. The van der Waals surface area contributed by atoms with Crippen LogP contribution in [0.1, 0.15) is 11.4 Å². The van der Waals surface area contributed by atoms with Gasteiger partial charge in [0.25, 0.3) is 0 Å². The summed E-state index contributed by atoms with van der Waals surface area (Å²) in [5.41, 5.74) is 2.53. The molecule has 1 aliphatic heterocycles. The van der Waals surface area contributed by atoms with Crippen LogP contribution in [0.2, 0.25) is 0 Å². The third-order valence-corrected chi connectivity index (χ3v) is 5.53. The number of benzene rings is 2. The van der Waals surface area contributed by atoms with Gasteiger partial charge in [0.2, 0.25) is 11.8 Å². The van der Waals surface area contributed by atoms with Crippen molar-refractivity contribution in [1.29, 1.82) is 0 Å². The molecule has 1 aliphatic rings. The molecule has 0 saturated carbocycles. The zero-order chi connectivity index (χ0) is 19.5. The van der Waals surface area contributed by atoms with Gasteiger partial charge in [-0.05, 0) is 17.7 Å². The second-order valence-corrected chi connectivity index (χ2v) is 7.40. The van der Waals surface area contributed by atoms with Crippen molar-refractivity contribution < 1.29 is 9.59 Å². The van der Waals surface area contributed by atoms with E-state index in [1.807, 2.05) is 60.1 Å². The van der Waals surface area contributed by atoms with Gasteiger partial charge in [0, 0.05) is 13.5 Å². The Morgan fingerprint density at radius 1 is 1.11 bits per heavy atom. The summed E-state index contributed by atoms with van der Waals surface area (Å²) in [6, 6.07) is 17.4. The normalized spacial score (nSPS) is 13.2. The highest BCUT2D eigenvalue weighted by Crippen LogP contribution is 2.30. The predicted molar refractivity (Wildman–Crippen MR) is 108 cm³/mol. The van der Waals surface area contributed by atoms with Crippen LogP contribution < -0.4 is 10.2 Å². The average Bonchev–Trinajstić information content (AvgIpc) is 3.05. The fraction of sp³-hybridized carbons (Fsp3) is 0.200. The van der Waals surface area contributed by atoms with Crippen molar-refractivity contribution in [2.24, 2.45) is 7.05 Å². The minimum atomic E-state index is -0.194. The summed E-state index contributed by atoms with van der Waals surface area (Å²) in [7, 11) is 1.90. The number of anilines is 2. The van der Waals surface area contributed by atoms with E-state index in [4.69, 9.17) is 0 Å². The van der Waals surface area contributed by atoms with Gasteiger partial charge in [0.15, 0.2) is 5.16 Å². The van der Waals surface area contributed by atoms with Crippen LogP contribution in [0, 0.1) is 0 Å². The Hall–Kier alpha value is -3.13. The molecular formula is C20H19N5O2S. The number of rotatable bonds is 5. The quantitative estimate of drug-likeness (QED) is 0.674. The van der Waals surface area contributed by atoms with Gasteiger partial charge in [0.1, 0.15) is 12.4 Å². The number of hydrogen-bond acceptors (Lipinski definition) is 5. The van der Waals surface area contributed by atoms with Gasteiger partial charge in [-0.3, -0.25) is 9.59 Å². The molecule has 0 unspecified atom stereocenters. The summed E-state index contributed by atoms with van der Waals surface area (Å²) in [6.45, 7) is 0.0223. The molecule has 4 rings (SSSR count). The largest absolute Gasteiger partial charge is 0.323 e. The summed E-state index contributed by atoms with van der Waals surface area (Å²) < 4.78 is 1.90. The van der Waals surface area contributed by atoms with E-state index in [9.17, 15) is 9.59 Å². The van der Waals surface area contributed by atoms with E-state index in [2.05, 4.69) is 15.5 Å². The maximum absolute atomic E-state index is 12.8. The fourth-order valence-corrected chi connectivity index (χ4v) is 3.87. The summed E-state index contributed by atoms with van der Waals surface area (Å²) in [6.07, 6.45) is 0.679. The number of carbonyl (C=O) groups excluding carboxylic acids is 2. The maximum atomic E-state index is 12.8. The molecule has 0 radical (unpaired) electrons. The number of nitrogens with zero attached hydrogens (tertiary/aromatic N) is 4. The minimum Gasteiger partial charge on any atom is -0.323 e. The SMILES string of the molecule is Cn1c(Cc2ccccc2)nnc1SCC(=O)N1CC(=O)Nc2ccccc21. The van der Waals surface area contributed by atoms with E-state index in [1.54, 1.807) is 6.07 Å². The lowest BCUT2D eigenvalue weighted by molar-refractivity contribution is -0.120. The molecular weight excluding hydrogens is 374 g/mol. The van der Waals surface area contributed by atoms with Gasteiger partial charge in [-0.25, -0.2) is 0 Å². The highest BCUT2D eigenvalue weighted by molar-refractivity contribution is 7.99.